The van der Waals surface area contributed by atoms with E-state index in [4.69, 9.17) is 5.26 Å². The highest BCUT2D eigenvalue weighted by Gasteiger charge is 2.38. The molecule has 0 radical (unpaired) electrons. The summed E-state index contributed by atoms with van der Waals surface area (Å²) in [6.07, 6.45) is 2.98. The molecule has 2 saturated heterocycles. The summed E-state index contributed by atoms with van der Waals surface area (Å²) in [5.74, 6) is 1.59. The van der Waals surface area contributed by atoms with Crippen molar-refractivity contribution in [3.8, 4) is 6.07 Å². The van der Waals surface area contributed by atoms with Crippen molar-refractivity contribution in [3.05, 3.63) is 23.9 Å². The summed E-state index contributed by atoms with van der Waals surface area (Å²) < 4.78 is 0. The van der Waals surface area contributed by atoms with Gasteiger partial charge in [0.15, 0.2) is 0 Å². The Morgan fingerprint density at radius 3 is 3.31 bits per heavy atom. The quantitative estimate of drug-likeness (QED) is 0.749. The summed E-state index contributed by atoms with van der Waals surface area (Å²) in [7, 11) is 0. The van der Waals surface area contributed by atoms with Crippen molar-refractivity contribution in [2.75, 3.05) is 24.5 Å². The Balaban J connectivity index is 1.95. The molecule has 1 N–H and O–H groups in total. The van der Waals surface area contributed by atoms with E-state index < -0.39 is 0 Å². The van der Waals surface area contributed by atoms with Gasteiger partial charge in [-0.25, -0.2) is 4.98 Å². The Morgan fingerprint density at radius 2 is 2.44 bits per heavy atom. The first kappa shape index (κ1) is 9.61. The fourth-order valence-corrected chi connectivity index (χ4v) is 2.83. The van der Waals surface area contributed by atoms with Crippen molar-refractivity contribution < 1.29 is 0 Å². The SMILES string of the molecule is N#Cc1cccnc1N1CC[C@H]2CNC[C@H]21. The average Bonchev–Trinajstić information content (AvgIpc) is 2.91. The Kier molecular flexibility index (Phi) is 2.26. The van der Waals surface area contributed by atoms with Gasteiger partial charge in [0.2, 0.25) is 0 Å². The second kappa shape index (κ2) is 3.76. The fourth-order valence-electron chi connectivity index (χ4n) is 2.83. The van der Waals surface area contributed by atoms with Crippen molar-refractivity contribution in [3.63, 3.8) is 0 Å². The van der Waals surface area contributed by atoms with E-state index in [-0.39, 0.29) is 0 Å². The minimum Gasteiger partial charge on any atom is -0.351 e. The summed E-state index contributed by atoms with van der Waals surface area (Å²) >= 11 is 0. The summed E-state index contributed by atoms with van der Waals surface area (Å²) in [6.45, 7) is 3.16. The Labute approximate surface area is 94.9 Å². The topological polar surface area (TPSA) is 52.0 Å². The molecule has 3 rings (SSSR count). The lowest BCUT2D eigenvalue weighted by molar-refractivity contribution is 0.577. The number of fused-ring (bicyclic) bond motifs is 1. The number of nitrogens with one attached hydrogen (secondary N) is 1. The van der Waals surface area contributed by atoms with Crippen LogP contribution in [0.4, 0.5) is 5.82 Å². The lowest BCUT2D eigenvalue weighted by Gasteiger charge is -2.25. The van der Waals surface area contributed by atoms with Gasteiger partial charge in [-0.3, -0.25) is 0 Å². The molecule has 1 aromatic rings. The highest BCUT2D eigenvalue weighted by Crippen LogP contribution is 2.32. The van der Waals surface area contributed by atoms with Gasteiger partial charge in [0, 0.05) is 31.9 Å². The third-order valence-electron chi connectivity index (χ3n) is 3.62. The molecular formula is C12H14N4. The Bertz CT molecular complexity index is 437. The van der Waals surface area contributed by atoms with Gasteiger partial charge in [-0.05, 0) is 24.5 Å². The molecule has 0 spiro atoms. The molecule has 4 heteroatoms. The van der Waals surface area contributed by atoms with Crippen molar-refractivity contribution in [1.29, 1.82) is 5.26 Å². The zero-order valence-electron chi connectivity index (χ0n) is 9.06. The van der Waals surface area contributed by atoms with Gasteiger partial charge < -0.3 is 10.2 Å². The van der Waals surface area contributed by atoms with Crippen LogP contribution in [0.25, 0.3) is 0 Å². The van der Waals surface area contributed by atoms with Crippen LogP contribution in [-0.4, -0.2) is 30.7 Å². The molecule has 0 aromatic carbocycles. The largest absolute Gasteiger partial charge is 0.351 e. The molecule has 16 heavy (non-hydrogen) atoms. The van der Waals surface area contributed by atoms with Crippen LogP contribution >= 0.6 is 0 Å². The van der Waals surface area contributed by atoms with Gasteiger partial charge in [0.05, 0.1) is 5.56 Å². The molecule has 2 fully saturated rings. The minimum absolute atomic E-state index is 0.530. The molecule has 82 valence electrons. The average molecular weight is 214 g/mol. The second-order valence-corrected chi connectivity index (χ2v) is 4.45. The normalized spacial score (nSPS) is 27.8. The number of aromatic nitrogens is 1. The molecule has 2 aliphatic heterocycles. The van der Waals surface area contributed by atoms with E-state index in [9.17, 15) is 0 Å². The van der Waals surface area contributed by atoms with Crippen LogP contribution in [0.5, 0.6) is 0 Å². The van der Waals surface area contributed by atoms with Crippen molar-refractivity contribution in [2.24, 2.45) is 5.92 Å². The molecule has 0 amide bonds. The lowest BCUT2D eigenvalue weighted by Crippen LogP contribution is -2.35. The van der Waals surface area contributed by atoms with E-state index in [1.54, 1.807) is 6.20 Å². The highest BCUT2D eigenvalue weighted by molar-refractivity contribution is 5.55. The minimum atomic E-state index is 0.530. The summed E-state index contributed by atoms with van der Waals surface area (Å²) in [4.78, 5) is 6.66. The third-order valence-corrected chi connectivity index (χ3v) is 3.62. The van der Waals surface area contributed by atoms with E-state index in [1.807, 2.05) is 12.1 Å². The highest BCUT2D eigenvalue weighted by atomic mass is 15.3. The number of pyridine rings is 1. The number of anilines is 1. The van der Waals surface area contributed by atoms with E-state index in [1.165, 1.54) is 6.42 Å². The van der Waals surface area contributed by atoms with Gasteiger partial charge >= 0.3 is 0 Å². The number of hydrogen-bond acceptors (Lipinski definition) is 4. The molecule has 0 saturated carbocycles. The maximum absolute atomic E-state index is 9.09. The molecule has 2 atom stereocenters. The van der Waals surface area contributed by atoms with Crippen LogP contribution in [0.1, 0.15) is 12.0 Å². The van der Waals surface area contributed by atoms with Gasteiger partial charge in [0.1, 0.15) is 11.9 Å². The molecule has 0 aliphatic carbocycles. The first-order valence-corrected chi connectivity index (χ1v) is 5.72. The first-order chi connectivity index (χ1) is 7.90. The Morgan fingerprint density at radius 1 is 1.50 bits per heavy atom. The molecule has 4 nitrogen and oxygen atoms in total. The third kappa shape index (κ3) is 1.36. The first-order valence-electron chi connectivity index (χ1n) is 5.72. The molecule has 0 unspecified atom stereocenters. The summed E-state index contributed by atoms with van der Waals surface area (Å²) in [6, 6.07) is 6.42. The zero-order valence-corrected chi connectivity index (χ0v) is 9.06. The number of rotatable bonds is 1. The molecule has 0 bridgehead atoms. The number of nitrogens with zero attached hydrogens (tertiary/aromatic N) is 3. The Hall–Kier alpha value is -1.60. The standard InChI is InChI=1S/C12H14N4/c13-6-9-2-1-4-15-12(9)16-5-3-10-7-14-8-11(10)16/h1-2,4,10-11,14H,3,5,7-8H2/t10-,11+/m0/s1. The van der Waals surface area contributed by atoms with Crippen molar-refractivity contribution in [2.45, 2.75) is 12.5 Å². The van der Waals surface area contributed by atoms with Crippen LogP contribution in [0, 0.1) is 17.2 Å². The van der Waals surface area contributed by atoms with E-state index in [2.05, 4.69) is 21.3 Å². The zero-order chi connectivity index (χ0) is 11.0. The maximum Gasteiger partial charge on any atom is 0.146 e. The number of nitriles is 1. The van der Waals surface area contributed by atoms with E-state index in [0.29, 0.717) is 11.6 Å². The molecular weight excluding hydrogens is 200 g/mol. The maximum atomic E-state index is 9.09. The van der Waals surface area contributed by atoms with Gasteiger partial charge in [-0.15, -0.1) is 0 Å². The van der Waals surface area contributed by atoms with Crippen molar-refractivity contribution in [1.82, 2.24) is 10.3 Å². The number of hydrogen-bond donors (Lipinski definition) is 1. The van der Waals surface area contributed by atoms with Crippen LogP contribution in [0.15, 0.2) is 18.3 Å². The van der Waals surface area contributed by atoms with E-state index >= 15 is 0 Å². The lowest BCUT2D eigenvalue weighted by atomic mass is 10.1. The van der Waals surface area contributed by atoms with Gasteiger partial charge in [0.25, 0.3) is 0 Å². The van der Waals surface area contributed by atoms with Crippen molar-refractivity contribution >= 4 is 5.82 Å². The summed E-state index contributed by atoms with van der Waals surface area (Å²) in [5.41, 5.74) is 0.690. The van der Waals surface area contributed by atoms with E-state index in [0.717, 1.165) is 31.4 Å². The smallest absolute Gasteiger partial charge is 0.146 e. The molecule has 1 aromatic heterocycles. The second-order valence-electron chi connectivity index (χ2n) is 4.45. The van der Waals surface area contributed by atoms with Gasteiger partial charge in [-0.2, -0.15) is 5.26 Å². The van der Waals surface area contributed by atoms with Crippen LogP contribution < -0.4 is 10.2 Å². The predicted molar refractivity (Wildman–Crippen MR) is 61.1 cm³/mol. The predicted octanol–water partition coefficient (Wildman–Crippen LogP) is 0.751. The van der Waals surface area contributed by atoms with Crippen LogP contribution in [0.2, 0.25) is 0 Å². The molecule has 3 heterocycles. The van der Waals surface area contributed by atoms with Gasteiger partial charge in [-0.1, -0.05) is 0 Å². The van der Waals surface area contributed by atoms with Crippen LogP contribution in [0.3, 0.4) is 0 Å². The summed E-state index contributed by atoms with van der Waals surface area (Å²) in [5, 5.41) is 12.5. The fraction of sp³-hybridized carbons (Fsp3) is 0.500. The molecule has 2 aliphatic rings. The monoisotopic (exact) mass is 214 g/mol. The van der Waals surface area contributed by atoms with Crippen LogP contribution in [-0.2, 0) is 0 Å².